The van der Waals surface area contributed by atoms with Crippen molar-refractivity contribution in [3.63, 3.8) is 0 Å². The van der Waals surface area contributed by atoms with Gasteiger partial charge in [0.1, 0.15) is 5.75 Å². The molecular weight excluding hydrogens is 192 g/mol. The molecule has 0 fully saturated rings. The van der Waals surface area contributed by atoms with Crippen LogP contribution in [0.15, 0.2) is 18.2 Å². The van der Waals surface area contributed by atoms with E-state index in [2.05, 4.69) is 5.32 Å². The normalized spacial score (nSPS) is 20.7. The van der Waals surface area contributed by atoms with Crippen LogP contribution in [0.3, 0.4) is 0 Å². The largest absolute Gasteiger partial charge is 0.491 e. The molecule has 4 nitrogen and oxygen atoms in total. The second kappa shape index (κ2) is 3.90. The van der Waals surface area contributed by atoms with Gasteiger partial charge in [-0.15, -0.1) is 0 Å². The molecule has 1 heterocycles. The molecule has 0 saturated heterocycles. The van der Waals surface area contributed by atoms with Gasteiger partial charge in [-0.2, -0.15) is 0 Å². The number of fused-ring (bicyclic) bond motifs is 1. The standard InChI is InChI=1S/C11H14N2O2/c1-7-2-3-10-9(6-7)13-11(14)8(12)4-5-15-10/h2-3,6,8H,4-5,12H2,1H3,(H,13,14). The van der Waals surface area contributed by atoms with E-state index in [1.807, 2.05) is 25.1 Å². The lowest BCUT2D eigenvalue weighted by Crippen LogP contribution is -2.38. The minimum atomic E-state index is -0.487. The Bertz CT molecular complexity index is 390. The van der Waals surface area contributed by atoms with Crippen molar-refractivity contribution in [2.45, 2.75) is 19.4 Å². The number of carbonyl (C=O) groups excluding carboxylic acids is 1. The number of hydrogen-bond donors (Lipinski definition) is 2. The minimum absolute atomic E-state index is 0.148. The predicted octanol–water partition coefficient (Wildman–Crippen LogP) is 1.04. The number of benzene rings is 1. The Balaban J connectivity index is 2.34. The first-order chi connectivity index (χ1) is 7.16. The summed E-state index contributed by atoms with van der Waals surface area (Å²) in [6.45, 7) is 2.44. The van der Waals surface area contributed by atoms with Gasteiger partial charge in [0.15, 0.2) is 0 Å². The second-order valence-corrected chi connectivity index (χ2v) is 3.73. The molecule has 0 spiro atoms. The highest BCUT2D eigenvalue weighted by Crippen LogP contribution is 2.27. The van der Waals surface area contributed by atoms with Crippen molar-refractivity contribution in [3.05, 3.63) is 23.8 Å². The van der Waals surface area contributed by atoms with Crippen molar-refractivity contribution < 1.29 is 9.53 Å². The van der Waals surface area contributed by atoms with Gasteiger partial charge >= 0.3 is 0 Å². The van der Waals surface area contributed by atoms with Crippen molar-refractivity contribution in [2.24, 2.45) is 5.73 Å². The molecule has 0 radical (unpaired) electrons. The van der Waals surface area contributed by atoms with Gasteiger partial charge in [0.25, 0.3) is 0 Å². The van der Waals surface area contributed by atoms with Crippen LogP contribution < -0.4 is 15.8 Å². The van der Waals surface area contributed by atoms with Gasteiger partial charge in [0, 0.05) is 6.42 Å². The first kappa shape index (κ1) is 9.98. The second-order valence-electron chi connectivity index (χ2n) is 3.73. The maximum atomic E-state index is 11.5. The molecule has 0 aliphatic carbocycles. The Labute approximate surface area is 88.4 Å². The van der Waals surface area contributed by atoms with Crippen molar-refractivity contribution >= 4 is 11.6 Å². The van der Waals surface area contributed by atoms with Crippen LogP contribution in [0.1, 0.15) is 12.0 Å². The topological polar surface area (TPSA) is 64.4 Å². The minimum Gasteiger partial charge on any atom is -0.491 e. The molecule has 2 rings (SSSR count). The molecule has 3 N–H and O–H groups in total. The molecule has 4 heteroatoms. The fourth-order valence-electron chi connectivity index (χ4n) is 1.52. The van der Waals surface area contributed by atoms with Crippen LogP contribution in [0.2, 0.25) is 0 Å². The number of anilines is 1. The predicted molar refractivity (Wildman–Crippen MR) is 57.9 cm³/mol. The maximum absolute atomic E-state index is 11.5. The third-order valence-corrected chi connectivity index (χ3v) is 2.42. The SMILES string of the molecule is Cc1ccc2c(c1)NC(=O)C(N)CCO2. The van der Waals surface area contributed by atoms with Gasteiger partial charge in [-0.05, 0) is 24.6 Å². The first-order valence-corrected chi connectivity index (χ1v) is 4.97. The van der Waals surface area contributed by atoms with Crippen molar-refractivity contribution in [1.29, 1.82) is 0 Å². The number of carbonyl (C=O) groups is 1. The summed E-state index contributed by atoms with van der Waals surface area (Å²) in [5.74, 6) is 0.561. The lowest BCUT2D eigenvalue weighted by Gasteiger charge is -2.19. The molecule has 0 saturated carbocycles. The fourth-order valence-corrected chi connectivity index (χ4v) is 1.52. The summed E-state index contributed by atoms with van der Waals surface area (Å²) >= 11 is 0. The van der Waals surface area contributed by atoms with E-state index in [1.165, 1.54) is 0 Å². The average Bonchev–Trinajstić information content (AvgIpc) is 2.19. The van der Waals surface area contributed by atoms with E-state index in [-0.39, 0.29) is 5.91 Å². The quantitative estimate of drug-likeness (QED) is 0.666. The number of hydrogen-bond acceptors (Lipinski definition) is 3. The lowest BCUT2D eigenvalue weighted by molar-refractivity contribution is -0.117. The molecule has 1 atom stereocenters. The Morgan fingerprint density at radius 3 is 3.13 bits per heavy atom. The van der Waals surface area contributed by atoms with Crippen LogP contribution in [0.5, 0.6) is 5.75 Å². The molecule has 1 amide bonds. The summed E-state index contributed by atoms with van der Waals surface area (Å²) in [6.07, 6.45) is 0.541. The van der Waals surface area contributed by atoms with Gasteiger partial charge in [-0.1, -0.05) is 6.07 Å². The van der Waals surface area contributed by atoms with E-state index in [4.69, 9.17) is 10.5 Å². The monoisotopic (exact) mass is 206 g/mol. The molecule has 15 heavy (non-hydrogen) atoms. The van der Waals surface area contributed by atoms with Crippen LogP contribution in [-0.2, 0) is 4.79 Å². The number of nitrogens with two attached hydrogens (primary N) is 1. The Hall–Kier alpha value is -1.55. The average molecular weight is 206 g/mol. The molecule has 0 bridgehead atoms. The van der Waals surface area contributed by atoms with Crippen molar-refractivity contribution in [1.82, 2.24) is 0 Å². The Morgan fingerprint density at radius 2 is 2.33 bits per heavy atom. The zero-order chi connectivity index (χ0) is 10.8. The Kier molecular flexibility index (Phi) is 2.60. The van der Waals surface area contributed by atoms with E-state index in [9.17, 15) is 4.79 Å². The number of nitrogens with one attached hydrogen (secondary N) is 1. The summed E-state index contributed by atoms with van der Waals surface area (Å²) in [5.41, 5.74) is 7.43. The van der Waals surface area contributed by atoms with E-state index < -0.39 is 6.04 Å². The van der Waals surface area contributed by atoms with E-state index in [1.54, 1.807) is 0 Å². The number of ether oxygens (including phenoxy) is 1. The summed E-state index contributed by atoms with van der Waals surface area (Å²) in [7, 11) is 0. The van der Waals surface area contributed by atoms with Gasteiger partial charge in [0.2, 0.25) is 5.91 Å². The van der Waals surface area contributed by atoms with Gasteiger partial charge in [-0.3, -0.25) is 4.79 Å². The zero-order valence-electron chi connectivity index (χ0n) is 8.62. The molecule has 1 aromatic rings. The van der Waals surface area contributed by atoms with Crippen LogP contribution in [0.4, 0.5) is 5.69 Å². The lowest BCUT2D eigenvalue weighted by atomic mass is 10.1. The van der Waals surface area contributed by atoms with Crippen LogP contribution in [0, 0.1) is 6.92 Å². The van der Waals surface area contributed by atoms with Gasteiger partial charge in [0.05, 0.1) is 18.3 Å². The highest BCUT2D eigenvalue weighted by molar-refractivity contribution is 5.96. The fraction of sp³-hybridized carbons (Fsp3) is 0.364. The van der Waals surface area contributed by atoms with E-state index in [0.29, 0.717) is 24.5 Å². The van der Waals surface area contributed by atoms with Crippen molar-refractivity contribution in [2.75, 3.05) is 11.9 Å². The highest BCUT2D eigenvalue weighted by atomic mass is 16.5. The van der Waals surface area contributed by atoms with Gasteiger partial charge < -0.3 is 15.8 Å². The molecule has 1 aromatic carbocycles. The zero-order valence-corrected chi connectivity index (χ0v) is 8.62. The summed E-state index contributed by atoms with van der Waals surface area (Å²) < 4.78 is 5.51. The third-order valence-electron chi connectivity index (χ3n) is 2.42. The maximum Gasteiger partial charge on any atom is 0.241 e. The number of amides is 1. The third kappa shape index (κ3) is 2.10. The summed E-state index contributed by atoms with van der Waals surface area (Å²) in [4.78, 5) is 11.5. The molecule has 1 unspecified atom stereocenters. The van der Waals surface area contributed by atoms with Gasteiger partial charge in [-0.25, -0.2) is 0 Å². The van der Waals surface area contributed by atoms with Crippen LogP contribution >= 0.6 is 0 Å². The first-order valence-electron chi connectivity index (χ1n) is 4.97. The number of rotatable bonds is 0. The van der Waals surface area contributed by atoms with Crippen molar-refractivity contribution in [3.8, 4) is 5.75 Å². The molecular formula is C11H14N2O2. The Morgan fingerprint density at radius 1 is 1.53 bits per heavy atom. The molecule has 1 aliphatic heterocycles. The smallest absolute Gasteiger partial charge is 0.241 e. The molecule has 0 aromatic heterocycles. The molecule has 80 valence electrons. The number of aryl methyl sites for hydroxylation is 1. The van der Waals surface area contributed by atoms with Crippen LogP contribution in [-0.4, -0.2) is 18.6 Å². The highest BCUT2D eigenvalue weighted by Gasteiger charge is 2.18. The van der Waals surface area contributed by atoms with E-state index in [0.717, 1.165) is 5.56 Å². The summed E-state index contributed by atoms with van der Waals surface area (Å²) in [5, 5.41) is 2.76. The molecule has 1 aliphatic rings. The summed E-state index contributed by atoms with van der Waals surface area (Å²) in [6, 6.07) is 5.21. The van der Waals surface area contributed by atoms with Crippen LogP contribution in [0.25, 0.3) is 0 Å². The van der Waals surface area contributed by atoms with E-state index >= 15 is 0 Å².